The zero-order chi connectivity index (χ0) is 11.9. The minimum absolute atomic E-state index is 0.0483. The van der Waals surface area contributed by atoms with Gasteiger partial charge in [0.15, 0.2) is 0 Å². The van der Waals surface area contributed by atoms with E-state index in [1.807, 2.05) is 13.0 Å². The largest absolute Gasteiger partial charge is 0.143 e. The molecule has 0 amide bonds. The Morgan fingerprint density at radius 1 is 1.24 bits per heavy atom. The van der Waals surface area contributed by atoms with Crippen LogP contribution in [0.1, 0.15) is 40.7 Å². The summed E-state index contributed by atoms with van der Waals surface area (Å²) in [6.45, 7) is 1.94. The van der Waals surface area contributed by atoms with Crippen LogP contribution in [0, 0.1) is 0 Å². The molecule has 1 unspecified atom stereocenters. The number of rotatable bonds is 3. The second-order valence-electron chi connectivity index (χ2n) is 4.51. The van der Waals surface area contributed by atoms with E-state index in [9.17, 15) is 0 Å². The lowest BCUT2D eigenvalue weighted by atomic mass is 9.97. The van der Waals surface area contributed by atoms with E-state index in [-0.39, 0.29) is 10.8 Å². The van der Waals surface area contributed by atoms with Crippen LogP contribution in [-0.4, -0.2) is 10.2 Å². The van der Waals surface area contributed by atoms with Crippen LogP contribution in [0.3, 0.4) is 0 Å². The van der Waals surface area contributed by atoms with Crippen LogP contribution in [0.25, 0.3) is 0 Å². The Labute approximate surface area is 110 Å². The monoisotopic (exact) mass is 264 g/mol. The van der Waals surface area contributed by atoms with Gasteiger partial charge in [-0.1, -0.05) is 41.7 Å². The Balaban J connectivity index is 1.98. The molecule has 0 bridgehead atoms. The van der Waals surface area contributed by atoms with Gasteiger partial charge >= 0.3 is 0 Å². The maximum atomic E-state index is 6.04. The van der Waals surface area contributed by atoms with Gasteiger partial charge in [-0.15, -0.1) is 21.8 Å². The zero-order valence-electron chi connectivity index (χ0n) is 9.56. The smallest absolute Gasteiger partial charge is 0.135 e. The second-order valence-corrected chi connectivity index (χ2v) is 6.17. The first-order valence-corrected chi connectivity index (χ1v) is 7.01. The van der Waals surface area contributed by atoms with Gasteiger partial charge in [-0.05, 0) is 25.3 Å². The molecule has 1 saturated carbocycles. The molecule has 0 spiro atoms. The highest BCUT2D eigenvalue weighted by Crippen LogP contribution is 2.54. The number of hydrogen-bond acceptors (Lipinski definition) is 3. The summed E-state index contributed by atoms with van der Waals surface area (Å²) in [5.41, 5.74) is 1.48. The van der Waals surface area contributed by atoms with Gasteiger partial charge in [-0.2, -0.15) is 0 Å². The molecule has 3 rings (SSSR count). The van der Waals surface area contributed by atoms with Crippen LogP contribution in [-0.2, 0) is 5.41 Å². The first-order chi connectivity index (χ1) is 8.22. The lowest BCUT2D eigenvalue weighted by Gasteiger charge is -2.11. The predicted octanol–water partition coefficient (Wildman–Crippen LogP) is 3.92. The molecule has 0 N–H and O–H groups in total. The van der Waals surface area contributed by atoms with Gasteiger partial charge in [0.2, 0.25) is 0 Å². The molecule has 4 heteroatoms. The van der Waals surface area contributed by atoms with Crippen molar-refractivity contribution in [3.8, 4) is 0 Å². The number of hydrogen-bond donors (Lipinski definition) is 0. The first-order valence-electron chi connectivity index (χ1n) is 5.76. The minimum Gasteiger partial charge on any atom is -0.143 e. The van der Waals surface area contributed by atoms with Crippen LogP contribution in [0.5, 0.6) is 0 Å². The SMILES string of the molecule is CC(Cl)c1nnc(C2(c3ccccc3)CC2)s1. The van der Waals surface area contributed by atoms with E-state index in [1.54, 1.807) is 11.3 Å². The molecule has 0 aliphatic heterocycles. The van der Waals surface area contributed by atoms with Crippen molar-refractivity contribution in [2.45, 2.75) is 30.6 Å². The highest BCUT2D eigenvalue weighted by molar-refractivity contribution is 7.11. The van der Waals surface area contributed by atoms with E-state index >= 15 is 0 Å². The molecular weight excluding hydrogens is 252 g/mol. The standard InChI is InChI=1S/C13H13ClN2S/c1-9(14)11-15-16-12(17-11)13(7-8-13)10-5-3-2-4-6-10/h2-6,9H,7-8H2,1H3. The van der Waals surface area contributed by atoms with Crippen molar-refractivity contribution in [2.75, 3.05) is 0 Å². The third-order valence-corrected chi connectivity index (χ3v) is 4.91. The van der Waals surface area contributed by atoms with Crippen molar-refractivity contribution < 1.29 is 0 Å². The fourth-order valence-corrected chi connectivity index (χ4v) is 3.32. The first kappa shape index (κ1) is 11.2. The molecule has 1 aromatic heterocycles. The molecule has 2 nitrogen and oxygen atoms in total. The van der Waals surface area contributed by atoms with Crippen molar-refractivity contribution in [1.29, 1.82) is 0 Å². The van der Waals surface area contributed by atoms with Crippen LogP contribution in [0.15, 0.2) is 30.3 Å². The molecule has 2 aromatic rings. The number of benzene rings is 1. The zero-order valence-corrected chi connectivity index (χ0v) is 11.1. The Hall–Kier alpha value is -0.930. The van der Waals surface area contributed by atoms with Crippen LogP contribution < -0.4 is 0 Å². The van der Waals surface area contributed by atoms with E-state index in [4.69, 9.17) is 11.6 Å². The average Bonchev–Trinajstić information content (AvgIpc) is 3.00. The quantitative estimate of drug-likeness (QED) is 0.786. The Kier molecular flexibility index (Phi) is 2.68. The lowest BCUT2D eigenvalue weighted by molar-refractivity contribution is 0.800. The summed E-state index contributed by atoms with van der Waals surface area (Å²) < 4.78 is 0. The van der Waals surface area contributed by atoms with Crippen molar-refractivity contribution >= 4 is 22.9 Å². The minimum atomic E-state index is -0.0483. The molecule has 1 atom stereocenters. The molecule has 17 heavy (non-hydrogen) atoms. The van der Waals surface area contributed by atoms with Gasteiger partial charge in [0, 0.05) is 5.41 Å². The molecule has 1 heterocycles. The fraction of sp³-hybridized carbons (Fsp3) is 0.385. The van der Waals surface area contributed by atoms with E-state index in [0.29, 0.717) is 0 Å². The molecule has 1 aromatic carbocycles. The normalized spacial score (nSPS) is 18.9. The van der Waals surface area contributed by atoms with Crippen LogP contribution >= 0.6 is 22.9 Å². The van der Waals surface area contributed by atoms with Crippen molar-refractivity contribution in [2.24, 2.45) is 0 Å². The molecule has 88 valence electrons. The summed E-state index contributed by atoms with van der Waals surface area (Å²) in [6, 6.07) is 10.6. The van der Waals surface area contributed by atoms with Crippen LogP contribution in [0.2, 0.25) is 0 Å². The fourth-order valence-electron chi connectivity index (χ4n) is 2.10. The van der Waals surface area contributed by atoms with Crippen molar-refractivity contribution in [1.82, 2.24) is 10.2 Å². The van der Waals surface area contributed by atoms with Gasteiger partial charge in [0.05, 0.1) is 5.38 Å². The highest BCUT2D eigenvalue weighted by atomic mass is 35.5. The Morgan fingerprint density at radius 2 is 1.94 bits per heavy atom. The summed E-state index contributed by atoms with van der Waals surface area (Å²) in [5, 5.41) is 10.5. The topological polar surface area (TPSA) is 25.8 Å². The van der Waals surface area contributed by atoms with E-state index in [1.165, 1.54) is 18.4 Å². The maximum absolute atomic E-state index is 6.04. The summed E-state index contributed by atoms with van der Waals surface area (Å²) >= 11 is 7.69. The third kappa shape index (κ3) is 1.87. The number of aromatic nitrogens is 2. The number of halogens is 1. The Bertz CT molecular complexity index is 517. The second kappa shape index (κ2) is 4.07. The molecular formula is C13H13ClN2S. The van der Waals surface area contributed by atoms with Gasteiger partial charge in [0.1, 0.15) is 10.0 Å². The molecule has 1 aliphatic rings. The summed E-state index contributed by atoms with van der Waals surface area (Å²) in [5.74, 6) is 0. The summed E-state index contributed by atoms with van der Waals surface area (Å²) in [4.78, 5) is 0. The van der Waals surface area contributed by atoms with Gasteiger partial charge in [-0.3, -0.25) is 0 Å². The molecule has 1 fully saturated rings. The van der Waals surface area contributed by atoms with E-state index in [2.05, 4.69) is 34.5 Å². The third-order valence-electron chi connectivity index (χ3n) is 3.27. The molecule has 0 radical (unpaired) electrons. The summed E-state index contributed by atoms with van der Waals surface area (Å²) in [6.07, 6.45) is 2.34. The van der Waals surface area contributed by atoms with Gasteiger partial charge in [-0.25, -0.2) is 0 Å². The Morgan fingerprint density at radius 3 is 2.47 bits per heavy atom. The van der Waals surface area contributed by atoms with Gasteiger partial charge in [0.25, 0.3) is 0 Å². The van der Waals surface area contributed by atoms with Crippen molar-refractivity contribution in [3.05, 3.63) is 45.9 Å². The van der Waals surface area contributed by atoms with Gasteiger partial charge < -0.3 is 0 Å². The predicted molar refractivity (Wildman–Crippen MR) is 70.6 cm³/mol. The van der Waals surface area contributed by atoms with E-state index < -0.39 is 0 Å². The summed E-state index contributed by atoms with van der Waals surface area (Å²) in [7, 11) is 0. The number of alkyl halides is 1. The lowest BCUT2D eigenvalue weighted by Crippen LogP contribution is -2.07. The molecule has 1 aliphatic carbocycles. The van der Waals surface area contributed by atoms with Crippen molar-refractivity contribution in [3.63, 3.8) is 0 Å². The van der Waals surface area contributed by atoms with E-state index in [0.717, 1.165) is 10.0 Å². The number of nitrogens with zero attached hydrogens (tertiary/aromatic N) is 2. The van der Waals surface area contributed by atoms with Crippen LogP contribution in [0.4, 0.5) is 0 Å². The highest BCUT2D eigenvalue weighted by Gasteiger charge is 2.48. The average molecular weight is 265 g/mol. The maximum Gasteiger partial charge on any atom is 0.135 e. The molecule has 0 saturated heterocycles.